The third-order valence-electron chi connectivity index (χ3n) is 5.30. The minimum Gasteiger partial charge on any atom is -0.325 e. The summed E-state index contributed by atoms with van der Waals surface area (Å²) in [5.41, 5.74) is 1.91. The lowest BCUT2D eigenvalue weighted by Crippen LogP contribution is -2.47. The van der Waals surface area contributed by atoms with Crippen molar-refractivity contribution in [1.29, 1.82) is 0 Å². The second kappa shape index (κ2) is 8.71. The van der Waals surface area contributed by atoms with Crippen LogP contribution in [-0.2, 0) is 4.79 Å². The highest BCUT2D eigenvalue weighted by atomic mass is 32.2. The summed E-state index contributed by atoms with van der Waals surface area (Å²) in [4.78, 5) is 19.6. The number of hydrogen-bond donors (Lipinski definition) is 1. The highest BCUT2D eigenvalue weighted by Gasteiger charge is 2.35. The van der Waals surface area contributed by atoms with E-state index >= 15 is 0 Å². The van der Waals surface area contributed by atoms with Gasteiger partial charge >= 0.3 is 0 Å². The molecule has 1 aromatic heterocycles. The third kappa shape index (κ3) is 4.36. The maximum Gasteiger partial charge on any atom is 0.241 e. The van der Waals surface area contributed by atoms with Crippen molar-refractivity contribution >= 4 is 35.1 Å². The molecule has 2 aliphatic heterocycles. The smallest absolute Gasteiger partial charge is 0.241 e. The Bertz CT molecular complexity index is 769. The number of aryl methyl sites for hydroxylation is 1. The van der Waals surface area contributed by atoms with E-state index in [0.717, 1.165) is 48.1 Å². The molecule has 2 fully saturated rings. The quantitative estimate of drug-likeness (QED) is 0.849. The molecule has 0 spiro atoms. The van der Waals surface area contributed by atoms with Crippen molar-refractivity contribution in [1.82, 2.24) is 14.5 Å². The van der Waals surface area contributed by atoms with Gasteiger partial charge < -0.3 is 9.88 Å². The van der Waals surface area contributed by atoms with E-state index in [1.54, 1.807) is 6.20 Å². The van der Waals surface area contributed by atoms with Gasteiger partial charge in [-0.3, -0.25) is 9.69 Å². The summed E-state index contributed by atoms with van der Waals surface area (Å²) in [7, 11) is 0. The molecule has 0 bridgehead atoms. The molecule has 4 rings (SSSR count). The van der Waals surface area contributed by atoms with Crippen LogP contribution in [0.5, 0.6) is 0 Å². The standard InChI is InChI=1S/C20H26N4OS2/c1-15-21-8-10-23(15)17-6-4-16(5-7-17)22-20(25)19-3-2-9-24(19)18-13-26-11-12-27-14-18/h4-8,10,18-19H,2-3,9,11-14H2,1H3,(H,22,25). The van der Waals surface area contributed by atoms with E-state index in [1.165, 1.54) is 11.5 Å². The number of carbonyl (C=O) groups is 1. The number of carbonyl (C=O) groups excluding carboxylic acids is 1. The maximum absolute atomic E-state index is 12.9. The number of nitrogens with one attached hydrogen (secondary N) is 1. The molecule has 2 aromatic rings. The van der Waals surface area contributed by atoms with Crippen molar-refractivity contribution in [2.75, 3.05) is 34.9 Å². The van der Waals surface area contributed by atoms with Gasteiger partial charge in [0.25, 0.3) is 0 Å². The molecule has 0 aliphatic carbocycles. The Labute approximate surface area is 169 Å². The van der Waals surface area contributed by atoms with Crippen LogP contribution >= 0.6 is 23.5 Å². The lowest BCUT2D eigenvalue weighted by Gasteiger charge is -2.31. The predicted octanol–water partition coefficient (Wildman–Crippen LogP) is 3.43. The lowest BCUT2D eigenvalue weighted by molar-refractivity contribution is -0.120. The summed E-state index contributed by atoms with van der Waals surface area (Å²) in [6.07, 6.45) is 5.82. The fourth-order valence-corrected chi connectivity index (χ4v) is 6.47. The fraction of sp³-hybridized carbons (Fsp3) is 0.500. The van der Waals surface area contributed by atoms with Crippen LogP contribution in [0, 0.1) is 6.92 Å². The summed E-state index contributed by atoms with van der Waals surface area (Å²) < 4.78 is 2.03. The van der Waals surface area contributed by atoms with Gasteiger partial charge in [0, 0.05) is 52.8 Å². The van der Waals surface area contributed by atoms with Crippen molar-refractivity contribution in [2.45, 2.75) is 31.8 Å². The summed E-state index contributed by atoms with van der Waals surface area (Å²) in [6.45, 7) is 3.02. The molecule has 144 valence electrons. The Balaban J connectivity index is 1.41. The molecular weight excluding hydrogens is 376 g/mol. The van der Waals surface area contributed by atoms with Gasteiger partial charge in [-0.05, 0) is 50.6 Å². The van der Waals surface area contributed by atoms with Gasteiger partial charge in [-0.1, -0.05) is 0 Å². The van der Waals surface area contributed by atoms with Crippen molar-refractivity contribution < 1.29 is 4.79 Å². The number of amides is 1. The topological polar surface area (TPSA) is 50.2 Å². The van der Waals surface area contributed by atoms with Crippen molar-refractivity contribution in [3.05, 3.63) is 42.5 Å². The van der Waals surface area contributed by atoms with Gasteiger partial charge in [0.05, 0.1) is 6.04 Å². The molecular formula is C20H26N4OS2. The molecule has 1 atom stereocenters. The first-order chi connectivity index (χ1) is 13.2. The number of benzene rings is 1. The first-order valence-electron chi connectivity index (χ1n) is 9.55. The summed E-state index contributed by atoms with van der Waals surface area (Å²) >= 11 is 4.06. The van der Waals surface area contributed by atoms with E-state index in [2.05, 4.69) is 15.2 Å². The van der Waals surface area contributed by atoms with Crippen LogP contribution in [-0.4, -0.2) is 62.0 Å². The number of likely N-dealkylation sites (tertiary alicyclic amines) is 1. The van der Waals surface area contributed by atoms with E-state index in [1.807, 2.05) is 65.5 Å². The lowest BCUT2D eigenvalue weighted by atomic mass is 10.1. The minimum atomic E-state index is 0.00451. The van der Waals surface area contributed by atoms with Crippen LogP contribution in [0.3, 0.4) is 0 Å². The Morgan fingerprint density at radius 1 is 1.19 bits per heavy atom. The van der Waals surface area contributed by atoms with E-state index < -0.39 is 0 Å². The molecule has 5 nitrogen and oxygen atoms in total. The van der Waals surface area contributed by atoms with Gasteiger partial charge in [0.1, 0.15) is 5.82 Å². The van der Waals surface area contributed by atoms with E-state index in [-0.39, 0.29) is 11.9 Å². The van der Waals surface area contributed by atoms with Gasteiger partial charge in [0.15, 0.2) is 0 Å². The highest BCUT2D eigenvalue weighted by Crippen LogP contribution is 2.28. The van der Waals surface area contributed by atoms with Crippen molar-refractivity contribution in [2.24, 2.45) is 0 Å². The Hall–Kier alpha value is -1.44. The molecule has 3 heterocycles. The molecule has 1 N–H and O–H groups in total. The Kier molecular flexibility index (Phi) is 6.10. The molecule has 1 aromatic carbocycles. The van der Waals surface area contributed by atoms with Crippen LogP contribution in [0.4, 0.5) is 5.69 Å². The average molecular weight is 403 g/mol. The zero-order valence-electron chi connectivity index (χ0n) is 15.6. The minimum absolute atomic E-state index is 0.00451. The molecule has 0 saturated carbocycles. The number of anilines is 1. The first kappa shape index (κ1) is 18.9. The molecule has 27 heavy (non-hydrogen) atoms. The van der Waals surface area contributed by atoms with Crippen LogP contribution < -0.4 is 5.32 Å². The van der Waals surface area contributed by atoms with Crippen LogP contribution in [0.15, 0.2) is 36.7 Å². The second-order valence-electron chi connectivity index (χ2n) is 7.08. The fourth-order valence-electron chi connectivity index (χ4n) is 3.89. The molecule has 1 amide bonds. The number of hydrogen-bond acceptors (Lipinski definition) is 5. The van der Waals surface area contributed by atoms with Gasteiger partial charge in [0.2, 0.25) is 5.91 Å². The molecule has 1 unspecified atom stereocenters. The Morgan fingerprint density at radius 3 is 2.59 bits per heavy atom. The van der Waals surface area contributed by atoms with Gasteiger partial charge in [-0.2, -0.15) is 23.5 Å². The normalized spacial score (nSPS) is 21.9. The number of nitrogens with zero attached hydrogens (tertiary/aromatic N) is 3. The second-order valence-corrected chi connectivity index (χ2v) is 9.38. The molecule has 2 aliphatic rings. The SMILES string of the molecule is Cc1nccn1-c1ccc(NC(=O)C2CCCN2C2CSCCSC2)cc1. The van der Waals surface area contributed by atoms with E-state index in [0.29, 0.717) is 6.04 Å². The highest BCUT2D eigenvalue weighted by molar-refractivity contribution is 8.03. The van der Waals surface area contributed by atoms with Gasteiger partial charge in [-0.25, -0.2) is 4.98 Å². The summed E-state index contributed by atoms with van der Waals surface area (Å²) in [5.74, 6) is 5.85. The van der Waals surface area contributed by atoms with Crippen LogP contribution in [0.1, 0.15) is 18.7 Å². The molecule has 2 saturated heterocycles. The Morgan fingerprint density at radius 2 is 1.93 bits per heavy atom. The van der Waals surface area contributed by atoms with Crippen LogP contribution in [0.25, 0.3) is 5.69 Å². The number of imidazole rings is 1. The average Bonchev–Trinajstić information content (AvgIpc) is 3.25. The zero-order chi connectivity index (χ0) is 18.6. The van der Waals surface area contributed by atoms with Crippen LogP contribution in [0.2, 0.25) is 0 Å². The summed E-state index contributed by atoms with van der Waals surface area (Å²) in [5, 5.41) is 3.14. The molecule has 0 radical (unpaired) electrons. The van der Waals surface area contributed by atoms with Crippen molar-refractivity contribution in [3.63, 3.8) is 0 Å². The number of aromatic nitrogens is 2. The van der Waals surface area contributed by atoms with E-state index in [9.17, 15) is 4.79 Å². The molecule has 7 heteroatoms. The summed E-state index contributed by atoms with van der Waals surface area (Å²) in [6, 6.07) is 8.52. The predicted molar refractivity (Wildman–Crippen MR) is 115 cm³/mol. The first-order valence-corrected chi connectivity index (χ1v) is 11.9. The van der Waals surface area contributed by atoms with E-state index in [4.69, 9.17) is 0 Å². The van der Waals surface area contributed by atoms with Gasteiger partial charge in [-0.15, -0.1) is 0 Å². The zero-order valence-corrected chi connectivity index (χ0v) is 17.3. The number of rotatable bonds is 4. The third-order valence-corrected chi connectivity index (χ3v) is 7.78. The monoisotopic (exact) mass is 402 g/mol. The number of thioether (sulfide) groups is 2. The maximum atomic E-state index is 12.9. The van der Waals surface area contributed by atoms with Crippen molar-refractivity contribution in [3.8, 4) is 5.69 Å². The largest absolute Gasteiger partial charge is 0.325 e.